The van der Waals surface area contributed by atoms with Crippen LogP contribution in [-0.4, -0.2) is 67.9 Å². The number of amides is 2. The molecule has 0 aromatic rings. The highest BCUT2D eigenvalue weighted by Gasteiger charge is 2.50. The highest BCUT2D eigenvalue weighted by atomic mass is 16.5. The Balaban J connectivity index is 1.48. The Bertz CT molecular complexity index is 349. The van der Waals surface area contributed by atoms with E-state index in [1.807, 2.05) is 9.80 Å². The average molecular weight is 282 g/mol. The van der Waals surface area contributed by atoms with Gasteiger partial charge in [0.2, 0.25) is 0 Å². The summed E-state index contributed by atoms with van der Waals surface area (Å²) in [5.41, 5.74) is -0.0496. The standard InChI is InChI=1S/C15H26N2O3/c1-19-8-4-13-5-9-20-15(10-13)11-17(12-15)14(18)16-6-2-3-7-16/h13H,2-12H2,1H3/t13-/m0/s1. The lowest BCUT2D eigenvalue weighted by Gasteiger charge is -2.53. The van der Waals surface area contributed by atoms with Gasteiger partial charge in [-0.25, -0.2) is 4.79 Å². The number of carbonyl (C=O) groups is 1. The second-order valence-corrected chi connectivity index (χ2v) is 6.50. The van der Waals surface area contributed by atoms with Crippen LogP contribution in [0.15, 0.2) is 0 Å². The number of rotatable bonds is 3. The van der Waals surface area contributed by atoms with Gasteiger partial charge < -0.3 is 19.3 Å². The zero-order chi connectivity index (χ0) is 14.0. The molecule has 0 radical (unpaired) electrons. The van der Waals surface area contributed by atoms with Gasteiger partial charge in [0.15, 0.2) is 0 Å². The molecule has 3 fully saturated rings. The van der Waals surface area contributed by atoms with Crippen LogP contribution in [-0.2, 0) is 9.47 Å². The molecule has 3 aliphatic rings. The molecule has 2 amide bonds. The van der Waals surface area contributed by atoms with Gasteiger partial charge in [-0.2, -0.15) is 0 Å². The first kappa shape index (κ1) is 14.1. The molecule has 5 heteroatoms. The van der Waals surface area contributed by atoms with E-state index in [2.05, 4.69) is 0 Å². The van der Waals surface area contributed by atoms with Gasteiger partial charge in [-0.05, 0) is 38.0 Å². The maximum Gasteiger partial charge on any atom is 0.320 e. The van der Waals surface area contributed by atoms with E-state index in [-0.39, 0.29) is 11.6 Å². The van der Waals surface area contributed by atoms with Crippen LogP contribution in [0.5, 0.6) is 0 Å². The minimum absolute atomic E-state index is 0.0496. The largest absolute Gasteiger partial charge is 0.385 e. The number of urea groups is 1. The Hall–Kier alpha value is -0.810. The van der Waals surface area contributed by atoms with Crippen molar-refractivity contribution in [2.45, 2.75) is 37.7 Å². The third-order valence-corrected chi connectivity index (χ3v) is 4.93. The molecule has 0 unspecified atom stereocenters. The Labute approximate surface area is 121 Å². The number of carbonyl (C=O) groups excluding carboxylic acids is 1. The highest BCUT2D eigenvalue weighted by Crippen LogP contribution is 2.38. The molecule has 0 aromatic carbocycles. The van der Waals surface area contributed by atoms with Gasteiger partial charge in [-0.3, -0.25) is 0 Å². The Morgan fingerprint density at radius 2 is 2.05 bits per heavy atom. The molecule has 20 heavy (non-hydrogen) atoms. The van der Waals surface area contributed by atoms with Gasteiger partial charge in [0.25, 0.3) is 0 Å². The first-order valence-electron chi connectivity index (χ1n) is 7.89. The summed E-state index contributed by atoms with van der Waals surface area (Å²) in [5.74, 6) is 0.688. The molecule has 0 N–H and O–H groups in total. The number of hydrogen-bond acceptors (Lipinski definition) is 3. The maximum atomic E-state index is 12.3. The summed E-state index contributed by atoms with van der Waals surface area (Å²) in [6, 6.07) is 0.218. The lowest BCUT2D eigenvalue weighted by Crippen LogP contribution is -2.68. The fourth-order valence-electron chi connectivity index (χ4n) is 3.77. The van der Waals surface area contributed by atoms with Gasteiger partial charge in [0.1, 0.15) is 5.60 Å². The minimum Gasteiger partial charge on any atom is -0.385 e. The molecule has 0 bridgehead atoms. The Kier molecular flexibility index (Phi) is 4.17. The quantitative estimate of drug-likeness (QED) is 0.791. The van der Waals surface area contributed by atoms with Crippen LogP contribution in [0.25, 0.3) is 0 Å². The molecule has 5 nitrogen and oxygen atoms in total. The fourth-order valence-corrected chi connectivity index (χ4v) is 3.77. The molecule has 1 atom stereocenters. The fraction of sp³-hybridized carbons (Fsp3) is 0.933. The van der Waals surface area contributed by atoms with Gasteiger partial charge in [0, 0.05) is 33.4 Å². The van der Waals surface area contributed by atoms with Crippen LogP contribution >= 0.6 is 0 Å². The lowest BCUT2D eigenvalue weighted by atomic mass is 9.79. The van der Waals surface area contributed by atoms with Crippen molar-refractivity contribution in [3.05, 3.63) is 0 Å². The second kappa shape index (κ2) is 5.90. The van der Waals surface area contributed by atoms with Crippen LogP contribution < -0.4 is 0 Å². The Morgan fingerprint density at radius 3 is 2.75 bits per heavy atom. The molecular weight excluding hydrogens is 256 g/mol. The summed E-state index contributed by atoms with van der Waals surface area (Å²) in [6.45, 7) is 5.09. The summed E-state index contributed by atoms with van der Waals surface area (Å²) in [6.07, 6.45) is 5.63. The van der Waals surface area contributed by atoms with Crippen molar-refractivity contribution < 1.29 is 14.3 Å². The van der Waals surface area contributed by atoms with E-state index in [0.29, 0.717) is 5.92 Å². The molecule has 3 heterocycles. The van der Waals surface area contributed by atoms with E-state index in [9.17, 15) is 4.79 Å². The first-order chi connectivity index (χ1) is 9.72. The van der Waals surface area contributed by atoms with Crippen LogP contribution in [0.1, 0.15) is 32.1 Å². The number of methoxy groups -OCH3 is 1. The van der Waals surface area contributed by atoms with Gasteiger partial charge in [0.05, 0.1) is 13.1 Å². The molecule has 0 aromatic heterocycles. The van der Waals surface area contributed by atoms with E-state index >= 15 is 0 Å². The predicted octanol–water partition coefficient (Wildman–Crippen LogP) is 1.72. The molecule has 0 aliphatic carbocycles. The maximum absolute atomic E-state index is 12.3. The van der Waals surface area contributed by atoms with E-state index in [1.165, 1.54) is 0 Å². The van der Waals surface area contributed by atoms with Crippen LogP contribution in [0.3, 0.4) is 0 Å². The van der Waals surface area contributed by atoms with Gasteiger partial charge >= 0.3 is 6.03 Å². The normalized spacial score (nSPS) is 28.8. The third kappa shape index (κ3) is 2.79. The molecule has 3 saturated heterocycles. The van der Waals surface area contributed by atoms with Gasteiger partial charge in [-0.15, -0.1) is 0 Å². The number of likely N-dealkylation sites (tertiary alicyclic amines) is 2. The summed E-state index contributed by atoms with van der Waals surface area (Å²) >= 11 is 0. The van der Waals surface area contributed by atoms with Crippen molar-refractivity contribution >= 4 is 6.03 Å². The first-order valence-corrected chi connectivity index (χ1v) is 7.89. The monoisotopic (exact) mass is 282 g/mol. The van der Waals surface area contributed by atoms with E-state index in [4.69, 9.17) is 9.47 Å². The summed E-state index contributed by atoms with van der Waals surface area (Å²) < 4.78 is 11.2. The zero-order valence-electron chi connectivity index (χ0n) is 12.5. The van der Waals surface area contributed by atoms with E-state index in [0.717, 1.165) is 71.5 Å². The molecule has 0 saturated carbocycles. The summed E-state index contributed by atoms with van der Waals surface area (Å²) in [4.78, 5) is 16.2. The number of ether oxygens (including phenoxy) is 2. The number of hydrogen-bond donors (Lipinski definition) is 0. The van der Waals surface area contributed by atoms with Crippen molar-refractivity contribution in [3.8, 4) is 0 Å². The predicted molar refractivity (Wildman–Crippen MR) is 75.7 cm³/mol. The van der Waals surface area contributed by atoms with Crippen molar-refractivity contribution in [2.24, 2.45) is 5.92 Å². The molecular formula is C15H26N2O3. The third-order valence-electron chi connectivity index (χ3n) is 4.93. The van der Waals surface area contributed by atoms with Gasteiger partial charge in [-0.1, -0.05) is 0 Å². The molecule has 3 rings (SSSR count). The summed E-state index contributed by atoms with van der Waals surface area (Å²) in [7, 11) is 1.76. The van der Waals surface area contributed by atoms with Crippen molar-refractivity contribution in [2.75, 3.05) is 46.5 Å². The van der Waals surface area contributed by atoms with Crippen molar-refractivity contribution in [1.29, 1.82) is 0 Å². The van der Waals surface area contributed by atoms with Crippen LogP contribution in [0.2, 0.25) is 0 Å². The SMILES string of the molecule is COCC[C@H]1CCOC2(C1)CN(C(=O)N1CCCC1)C2. The van der Waals surface area contributed by atoms with Crippen LogP contribution in [0.4, 0.5) is 4.79 Å². The lowest BCUT2D eigenvalue weighted by molar-refractivity contribution is -0.168. The molecule has 3 aliphatic heterocycles. The smallest absolute Gasteiger partial charge is 0.320 e. The van der Waals surface area contributed by atoms with Crippen molar-refractivity contribution in [3.63, 3.8) is 0 Å². The van der Waals surface area contributed by atoms with Crippen molar-refractivity contribution in [1.82, 2.24) is 9.80 Å². The average Bonchev–Trinajstić information content (AvgIpc) is 2.96. The topological polar surface area (TPSA) is 42.0 Å². The Morgan fingerprint density at radius 1 is 1.30 bits per heavy atom. The zero-order valence-corrected chi connectivity index (χ0v) is 12.5. The molecule has 1 spiro atoms. The summed E-state index contributed by atoms with van der Waals surface area (Å²) in [5, 5.41) is 0. The number of nitrogens with zero attached hydrogens (tertiary/aromatic N) is 2. The van der Waals surface area contributed by atoms with E-state index < -0.39 is 0 Å². The second-order valence-electron chi connectivity index (χ2n) is 6.50. The minimum atomic E-state index is -0.0496. The van der Waals surface area contributed by atoms with E-state index in [1.54, 1.807) is 7.11 Å². The molecule has 114 valence electrons. The van der Waals surface area contributed by atoms with Crippen LogP contribution in [0, 0.1) is 5.92 Å². The highest BCUT2D eigenvalue weighted by molar-refractivity contribution is 5.76.